The Morgan fingerprint density at radius 2 is 1.70 bits per heavy atom. The summed E-state index contributed by atoms with van der Waals surface area (Å²) < 4.78 is 1.48. The van der Waals surface area contributed by atoms with Crippen LogP contribution in [0.15, 0.2) is 77.6 Å². The number of nitrogens with one attached hydrogen (secondary N) is 1. The highest BCUT2D eigenvalue weighted by Crippen LogP contribution is 2.28. The van der Waals surface area contributed by atoms with E-state index in [0.29, 0.717) is 28.8 Å². The van der Waals surface area contributed by atoms with Gasteiger partial charge in [0.15, 0.2) is 0 Å². The van der Waals surface area contributed by atoms with Gasteiger partial charge in [-0.05, 0) is 36.2 Å². The molecule has 0 spiro atoms. The van der Waals surface area contributed by atoms with E-state index in [1.807, 2.05) is 42.5 Å². The summed E-state index contributed by atoms with van der Waals surface area (Å²) in [6.45, 7) is 1.90. The van der Waals surface area contributed by atoms with E-state index in [4.69, 9.17) is 0 Å². The number of hydrogen-bond donors (Lipinski definition) is 1. The molecule has 0 aliphatic carbocycles. The van der Waals surface area contributed by atoms with E-state index < -0.39 is 0 Å². The van der Waals surface area contributed by atoms with Crippen LogP contribution >= 0.6 is 0 Å². The van der Waals surface area contributed by atoms with Crippen molar-refractivity contribution in [2.24, 2.45) is 0 Å². The summed E-state index contributed by atoms with van der Waals surface area (Å²) in [4.78, 5) is 45.0. The number of fused-ring (bicyclic) bond motifs is 2. The quantitative estimate of drug-likeness (QED) is 0.528. The van der Waals surface area contributed by atoms with Crippen molar-refractivity contribution in [3.63, 3.8) is 0 Å². The molecule has 0 atom stereocenters. The van der Waals surface area contributed by atoms with Crippen LogP contribution in [0.4, 0.5) is 11.4 Å². The average Bonchev–Trinajstić information content (AvgIpc) is 3.25. The monoisotopic (exact) mass is 438 g/mol. The van der Waals surface area contributed by atoms with Gasteiger partial charge >= 0.3 is 0 Å². The normalized spacial score (nSPS) is 12.6. The zero-order valence-corrected chi connectivity index (χ0v) is 18.1. The Balaban J connectivity index is 1.62. The van der Waals surface area contributed by atoms with Gasteiger partial charge in [0.25, 0.3) is 5.56 Å². The topological polar surface area (TPSA) is 84.3 Å². The lowest BCUT2D eigenvalue weighted by atomic mass is 10.1. The van der Waals surface area contributed by atoms with Crippen LogP contribution in [0.3, 0.4) is 0 Å². The third-order valence-corrected chi connectivity index (χ3v) is 5.83. The molecule has 0 unspecified atom stereocenters. The largest absolute Gasteiger partial charge is 0.326 e. The third kappa shape index (κ3) is 3.78. The molecule has 0 fully saturated rings. The lowest BCUT2D eigenvalue weighted by Crippen LogP contribution is -2.36. The number of para-hydroxylation sites is 4. The van der Waals surface area contributed by atoms with Gasteiger partial charge in [-0.1, -0.05) is 48.5 Å². The van der Waals surface area contributed by atoms with Crippen LogP contribution in [0.25, 0.3) is 22.3 Å². The summed E-state index contributed by atoms with van der Waals surface area (Å²) in [5, 5.41) is 2.76. The number of amides is 2. The Morgan fingerprint density at radius 1 is 0.970 bits per heavy atom. The zero-order chi connectivity index (χ0) is 22.9. The summed E-state index contributed by atoms with van der Waals surface area (Å²) >= 11 is 0. The highest BCUT2D eigenvalue weighted by Gasteiger charge is 2.26. The number of rotatable bonds is 4. The van der Waals surface area contributed by atoms with E-state index in [1.54, 1.807) is 35.2 Å². The first-order valence-electron chi connectivity index (χ1n) is 10.8. The van der Waals surface area contributed by atoms with Gasteiger partial charge in [-0.25, -0.2) is 4.98 Å². The molecule has 1 aliphatic heterocycles. The average molecular weight is 438 g/mol. The van der Waals surface area contributed by atoms with Gasteiger partial charge in [-0.15, -0.1) is 0 Å². The van der Waals surface area contributed by atoms with E-state index in [1.165, 1.54) is 11.5 Å². The van der Waals surface area contributed by atoms with Crippen molar-refractivity contribution in [2.45, 2.75) is 19.9 Å². The first-order chi connectivity index (χ1) is 16.0. The fourth-order valence-corrected chi connectivity index (χ4v) is 4.33. The molecule has 5 rings (SSSR count). The molecule has 33 heavy (non-hydrogen) atoms. The summed E-state index contributed by atoms with van der Waals surface area (Å²) in [5.74, 6) is -0.397. The predicted molar refractivity (Wildman–Crippen MR) is 128 cm³/mol. The SMILES string of the molecule is CC(=O)Nc1ccccc1-c1nc2ccccc2n(CC(=O)N2CCc3ccccc32)c1=O. The maximum Gasteiger partial charge on any atom is 0.278 e. The standard InChI is InChI=1S/C26H22N4O3/c1-17(31)27-20-10-4-3-9-19(20)25-26(33)30(23-13-7-5-11-21(23)28-25)16-24(32)29-15-14-18-8-2-6-12-22(18)29/h2-13H,14-16H2,1H3,(H,27,31). The lowest BCUT2D eigenvalue weighted by molar-refractivity contribution is -0.119. The Hall–Kier alpha value is -4.26. The zero-order valence-electron chi connectivity index (χ0n) is 18.1. The van der Waals surface area contributed by atoms with Crippen LogP contribution in [0, 0.1) is 0 Å². The van der Waals surface area contributed by atoms with E-state index in [0.717, 1.165) is 17.7 Å². The maximum atomic E-state index is 13.6. The first kappa shape index (κ1) is 20.6. The molecule has 0 bridgehead atoms. The molecule has 164 valence electrons. The van der Waals surface area contributed by atoms with Gasteiger partial charge in [0, 0.05) is 24.7 Å². The van der Waals surface area contributed by atoms with Crippen molar-refractivity contribution in [3.05, 3.63) is 88.7 Å². The molecule has 1 aromatic heterocycles. The summed E-state index contributed by atoms with van der Waals surface area (Å²) in [6, 6.07) is 22.1. The molecule has 1 aliphatic rings. The van der Waals surface area contributed by atoms with Crippen molar-refractivity contribution in [1.82, 2.24) is 9.55 Å². The molecular weight excluding hydrogens is 416 g/mol. The van der Waals surface area contributed by atoms with E-state index >= 15 is 0 Å². The number of benzene rings is 3. The molecule has 0 saturated carbocycles. The fourth-order valence-electron chi connectivity index (χ4n) is 4.33. The van der Waals surface area contributed by atoms with Crippen LogP contribution < -0.4 is 15.8 Å². The molecule has 4 aromatic rings. The molecule has 3 aromatic carbocycles. The number of aromatic nitrogens is 2. The second kappa shape index (κ2) is 8.35. The first-order valence-corrected chi connectivity index (χ1v) is 10.8. The second-order valence-corrected chi connectivity index (χ2v) is 7.99. The number of nitrogens with zero attached hydrogens (tertiary/aromatic N) is 3. The number of carbonyl (C=O) groups is 2. The summed E-state index contributed by atoms with van der Waals surface area (Å²) in [7, 11) is 0. The molecule has 0 saturated heterocycles. The lowest BCUT2D eigenvalue weighted by Gasteiger charge is -2.19. The van der Waals surface area contributed by atoms with Crippen molar-refractivity contribution in [1.29, 1.82) is 0 Å². The number of anilines is 2. The van der Waals surface area contributed by atoms with Crippen molar-refractivity contribution in [2.75, 3.05) is 16.8 Å². The van der Waals surface area contributed by atoms with Crippen LogP contribution in [-0.4, -0.2) is 27.9 Å². The molecule has 7 heteroatoms. The van der Waals surface area contributed by atoms with Crippen molar-refractivity contribution < 1.29 is 9.59 Å². The Bertz CT molecular complexity index is 1460. The van der Waals surface area contributed by atoms with Crippen molar-refractivity contribution in [3.8, 4) is 11.3 Å². The summed E-state index contributed by atoms with van der Waals surface area (Å²) in [6.07, 6.45) is 0.795. The van der Waals surface area contributed by atoms with Gasteiger partial charge in [0.1, 0.15) is 12.2 Å². The fraction of sp³-hybridized carbons (Fsp3) is 0.154. The maximum absolute atomic E-state index is 13.6. The Morgan fingerprint density at radius 3 is 2.55 bits per heavy atom. The van der Waals surface area contributed by atoms with Gasteiger partial charge in [0.05, 0.1) is 16.7 Å². The van der Waals surface area contributed by atoms with Crippen LogP contribution in [0.5, 0.6) is 0 Å². The minimum absolute atomic E-state index is 0.106. The molecule has 7 nitrogen and oxygen atoms in total. The highest BCUT2D eigenvalue weighted by molar-refractivity contribution is 5.97. The second-order valence-electron chi connectivity index (χ2n) is 7.99. The Kier molecular flexibility index (Phi) is 5.22. The Labute approximate surface area is 190 Å². The highest BCUT2D eigenvalue weighted by atomic mass is 16.2. The number of hydrogen-bond acceptors (Lipinski definition) is 4. The van der Waals surface area contributed by atoms with Gasteiger partial charge in [-0.2, -0.15) is 0 Å². The van der Waals surface area contributed by atoms with Gasteiger partial charge in [0.2, 0.25) is 11.8 Å². The smallest absolute Gasteiger partial charge is 0.278 e. The van der Waals surface area contributed by atoms with Crippen LogP contribution in [0.2, 0.25) is 0 Å². The van der Waals surface area contributed by atoms with Gasteiger partial charge in [-0.3, -0.25) is 19.0 Å². The van der Waals surface area contributed by atoms with Crippen molar-refractivity contribution >= 4 is 34.2 Å². The van der Waals surface area contributed by atoms with Crippen LogP contribution in [-0.2, 0) is 22.6 Å². The molecular formula is C26H22N4O3. The predicted octanol–water partition coefficient (Wildman–Crippen LogP) is 3.61. The number of carbonyl (C=O) groups excluding carboxylic acids is 2. The van der Waals surface area contributed by atoms with E-state index in [2.05, 4.69) is 10.3 Å². The molecule has 1 N–H and O–H groups in total. The molecule has 0 radical (unpaired) electrons. The van der Waals surface area contributed by atoms with E-state index in [9.17, 15) is 14.4 Å². The minimum Gasteiger partial charge on any atom is -0.326 e. The van der Waals surface area contributed by atoms with Crippen LogP contribution in [0.1, 0.15) is 12.5 Å². The van der Waals surface area contributed by atoms with Gasteiger partial charge < -0.3 is 10.2 Å². The minimum atomic E-state index is -0.382. The van der Waals surface area contributed by atoms with E-state index in [-0.39, 0.29) is 29.6 Å². The molecule has 2 amide bonds. The molecule has 2 heterocycles. The summed E-state index contributed by atoms with van der Waals surface area (Å²) in [5.41, 5.74) is 4.02. The third-order valence-electron chi connectivity index (χ3n) is 5.83.